The van der Waals surface area contributed by atoms with Gasteiger partial charge in [-0.25, -0.2) is 4.39 Å². The molecule has 0 saturated heterocycles. The highest BCUT2D eigenvalue weighted by molar-refractivity contribution is 5.81. The average molecular weight is 382 g/mol. The SMILES string of the molecule is COC(=O)CCNC(=O)[C@@H]1C[C@@H](O)[C@H](NC(=O)COc2ccc(F)cc2)C1. The van der Waals surface area contributed by atoms with Gasteiger partial charge in [-0.15, -0.1) is 0 Å². The first-order chi connectivity index (χ1) is 12.9. The van der Waals surface area contributed by atoms with Crippen molar-refractivity contribution >= 4 is 17.8 Å². The Kier molecular flexibility index (Phi) is 7.54. The number of aliphatic hydroxyl groups is 1. The van der Waals surface area contributed by atoms with Gasteiger partial charge in [-0.2, -0.15) is 0 Å². The molecule has 0 aromatic heterocycles. The van der Waals surface area contributed by atoms with Crippen molar-refractivity contribution in [2.45, 2.75) is 31.4 Å². The molecule has 0 bridgehead atoms. The van der Waals surface area contributed by atoms with Gasteiger partial charge in [0.2, 0.25) is 5.91 Å². The summed E-state index contributed by atoms with van der Waals surface area (Å²) < 4.78 is 22.6. The molecule has 1 aromatic rings. The third-order valence-corrected chi connectivity index (χ3v) is 4.29. The largest absolute Gasteiger partial charge is 0.484 e. The Labute approximate surface area is 156 Å². The third kappa shape index (κ3) is 6.52. The fourth-order valence-corrected chi connectivity index (χ4v) is 2.85. The van der Waals surface area contributed by atoms with Crippen molar-refractivity contribution in [2.24, 2.45) is 5.92 Å². The number of nitrogens with one attached hydrogen (secondary N) is 2. The monoisotopic (exact) mass is 382 g/mol. The number of amides is 2. The normalized spacial score (nSPS) is 21.4. The smallest absolute Gasteiger partial charge is 0.307 e. The van der Waals surface area contributed by atoms with Crippen LogP contribution in [-0.2, 0) is 19.1 Å². The van der Waals surface area contributed by atoms with Gasteiger partial charge in [-0.3, -0.25) is 14.4 Å². The van der Waals surface area contributed by atoms with Gasteiger partial charge in [0.05, 0.1) is 25.7 Å². The number of benzene rings is 1. The predicted molar refractivity (Wildman–Crippen MR) is 92.2 cm³/mol. The lowest BCUT2D eigenvalue weighted by Crippen LogP contribution is -2.42. The van der Waals surface area contributed by atoms with Crippen molar-refractivity contribution in [2.75, 3.05) is 20.3 Å². The van der Waals surface area contributed by atoms with Crippen LogP contribution in [0.25, 0.3) is 0 Å². The second-order valence-electron chi connectivity index (χ2n) is 6.27. The van der Waals surface area contributed by atoms with Crippen molar-refractivity contribution in [1.82, 2.24) is 10.6 Å². The summed E-state index contributed by atoms with van der Waals surface area (Å²) in [5.41, 5.74) is 0. The van der Waals surface area contributed by atoms with Gasteiger partial charge in [-0.05, 0) is 37.1 Å². The van der Waals surface area contributed by atoms with E-state index in [4.69, 9.17) is 4.74 Å². The Hall–Kier alpha value is -2.68. The highest BCUT2D eigenvalue weighted by atomic mass is 19.1. The van der Waals surface area contributed by atoms with Gasteiger partial charge in [0.25, 0.3) is 5.91 Å². The van der Waals surface area contributed by atoms with Gasteiger partial charge < -0.3 is 25.2 Å². The molecular weight excluding hydrogens is 359 g/mol. The van der Waals surface area contributed by atoms with E-state index in [0.29, 0.717) is 5.75 Å². The minimum Gasteiger partial charge on any atom is -0.484 e. The minimum atomic E-state index is -0.851. The van der Waals surface area contributed by atoms with Crippen LogP contribution < -0.4 is 15.4 Å². The van der Waals surface area contributed by atoms with Crippen LogP contribution in [0.5, 0.6) is 5.75 Å². The lowest BCUT2D eigenvalue weighted by atomic mass is 10.1. The van der Waals surface area contributed by atoms with Crippen molar-refractivity contribution in [3.8, 4) is 5.75 Å². The second kappa shape index (κ2) is 9.86. The molecule has 1 aliphatic carbocycles. The van der Waals surface area contributed by atoms with E-state index in [-0.39, 0.29) is 38.3 Å². The van der Waals surface area contributed by atoms with Crippen LogP contribution in [0.1, 0.15) is 19.3 Å². The number of methoxy groups -OCH3 is 1. The molecule has 2 rings (SSSR count). The predicted octanol–water partition coefficient (Wildman–Crippen LogP) is 0.140. The van der Waals surface area contributed by atoms with Crippen LogP contribution in [0.3, 0.4) is 0 Å². The number of carbonyl (C=O) groups is 3. The fraction of sp³-hybridized carbons (Fsp3) is 0.500. The zero-order chi connectivity index (χ0) is 19.8. The number of hydrogen-bond donors (Lipinski definition) is 3. The fourth-order valence-electron chi connectivity index (χ4n) is 2.85. The summed E-state index contributed by atoms with van der Waals surface area (Å²) in [6.45, 7) is -0.133. The summed E-state index contributed by atoms with van der Waals surface area (Å²) in [6.07, 6.45) is -0.282. The first-order valence-corrected chi connectivity index (χ1v) is 8.59. The molecule has 2 amide bonds. The van der Waals surface area contributed by atoms with Gasteiger partial charge in [0.15, 0.2) is 6.61 Å². The van der Waals surface area contributed by atoms with E-state index < -0.39 is 35.8 Å². The van der Waals surface area contributed by atoms with Gasteiger partial charge in [0, 0.05) is 12.5 Å². The molecule has 3 atom stereocenters. The maximum absolute atomic E-state index is 12.8. The van der Waals surface area contributed by atoms with E-state index in [2.05, 4.69) is 15.4 Å². The average Bonchev–Trinajstić information content (AvgIpc) is 3.01. The van der Waals surface area contributed by atoms with E-state index in [9.17, 15) is 23.9 Å². The summed E-state index contributed by atoms with van der Waals surface area (Å²) in [5.74, 6) is -1.67. The summed E-state index contributed by atoms with van der Waals surface area (Å²) in [4.78, 5) is 35.1. The Bertz CT molecular complexity index is 666. The molecule has 148 valence electrons. The van der Waals surface area contributed by atoms with Crippen molar-refractivity contribution < 1.29 is 33.4 Å². The lowest BCUT2D eigenvalue weighted by Gasteiger charge is -2.16. The highest BCUT2D eigenvalue weighted by Gasteiger charge is 2.37. The molecule has 0 aliphatic heterocycles. The number of carbonyl (C=O) groups excluding carboxylic acids is 3. The van der Waals surface area contributed by atoms with Crippen LogP contribution >= 0.6 is 0 Å². The van der Waals surface area contributed by atoms with Crippen molar-refractivity contribution in [3.05, 3.63) is 30.1 Å². The Morgan fingerprint density at radius 1 is 1.22 bits per heavy atom. The zero-order valence-corrected chi connectivity index (χ0v) is 14.9. The molecule has 9 heteroatoms. The number of halogens is 1. The number of rotatable bonds is 8. The number of hydrogen-bond acceptors (Lipinski definition) is 6. The van der Waals surface area contributed by atoms with Gasteiger partial charge >= 0.3 is 5.97 Å². The molecule has 8 nitrogen and oxygen atoms in total. The standard InChI is InChI=1S/C18H23FN2O6/c1-26-17(24)6-7-20-18(25)11-8-14(15(22)9-11)21-16(23)10-27-13-4-2-12(19)3-5-13/h2-5,11,14-15,22H,6-10H2,1H3,(H,20,25)(H,21,23)/t11-,14+,15+/m0/s1. The van der Waals surface area contributed by atoms with Crippen LogP contribution in [0, 0.1) is 11.7 Å². The molecule has 0 heterocycles. The van der Waals surface area contributed by atoms with Gasteiger partial charge in [-0.1, -0.05) is 0 Å². The summed E-state index contributed by atoms with van der Waals surface area (Å²) in [7, 11) is 1.27. The van der Waals surface area contributed by atoms with Crippen LogP contribution in [0.15, 0.2) is 24.3 Å². The van der Waals surface area contributed by atoms with Crippen molar-refractivity contribution in [1.29, 1.82) is 0 Å². The minimum absolute atomic E-state index is 0.0679. The summed E-state index contributed by atoms with van der Waals surface area (Å²) in [6, 6.07) is 4.68. The molecule has 27 heavy (non-hydrogen) atoms. The molecule has 1 aliphatic rings. The van der Waals surface area contributed by atoms with Crippen LogP contribution in [0.4, 0.5) is 4.39 Å². The highest BCUT2D eigenvalue weighted by Crippen LogP contribution is 2.26. The van der Waals surface area contributed by atoms with Crippen molar-refractivity contribution in [3.63, 3.8) is 0 Å². The van der Waals surface area contributed by atoms with Gasteiger partial charge in [0.1, 0.15) is 11.6 Å². The van der Waals surface area contributed by atoms with Crippen LogP contribution in [-0.4, -0.2) is 55.3 Å². The molecule has 0 radical (unpaired) electrons. The summed E-state index contributed by atoms with van der Waals surface area (Å²) in [5, 5.41) is 15.3. The molecule has 1 aromatic carbocycles. The maximum Gasteiger partial charge on any atom is 0.307 e. The zero-order valence-electron chi connectivity index (χ0n) is 14.9. The first kappa shape index (κ1) is 20.6. The Morgan fingerprint density at radius 3 is 2.59 bits per heavy atom. The van der Waals surface area contributed by atoms with E-state index >= 15 is 0 Å². The number of ether oxygens (including phenoxy) is 2. The quantitative estimate of drug-likeness (QED) is 0.551. The number of aliphatic hydroxyl groups excluding tert-OH is 1. The van der Waals surface area contributed by atoms with E-state index in [1.54, 1.807) is 0 Å². The Balaban J connectivity index is 1.73. The Morgan fingerprint density at radius 2 is 1.93 bits per heavy atom. The first-order valence-electron chi connectivity index (χ1n) is 8.59. The van der Waals surface area contributed by atoms with E-state index in [0.717, 1.165) is 0 Å². The van der Waals surface area contributed by atoms with E-state index in [1.807, 2.05) is 0 Å². The molecule has 0 unspecified atom stereocenters. The number of esters is 1. The van der Waals surface area contributed by atoms with Crippen LogP contribution in [0.2, 0.25) is 0 Å². The lowest BCUT2D eigenvalue weighted by molar-refractivity contribution is -0.140. The molecular formula is C18H23FN2O6. The molecule has 3 N–H and O–H groups in total. The second-order valence-corrected chi connectivity index (χ2v) is 6.27. The maximum atomic E-state index is 12.8. The summed E-state index contributed by atoms with van der Waals surface area (Å²) >= 11 is 0. The molecule has 1 fully saturated rings. The third-order valence-electron chi connectivity index (χ3n) is 4.29. The topological polar surface area (TPSA) is 114 Å². The molecule has 0 spiro atoms. The van der Waals surface area contributed by atoms with E-state index in [1.165, 1.54) is 31.4 Å². The molecule has 1 saturated carbocycles.